The summed E-state index contributed by atoms with van der Waals surface area (Å²) in [5, 5.41) is 0. The molecule has 5 nitrogen and oxygen atoms in total. The second-order valence-electron chi connectivity index (χ2n) is 8.71. The predicted octanol–water partition coefficient (Wildman–Crippen LogP) is 7.61. The molecule has 0 aromatic carbocycles. The zero-order valence-electron chi connectivity index (χ0n) is 22.1. The van der Waals surface area contributed by atoms with Gasteiger partial charge in [0.2, 0.25) is 0 Å². The van der Waals surface area contributed by atoms with E-state index in [-0.39, 0.29) is 0 Å². The van der Waals surface area contributed by atoms with Gasteiger partial charge in [0.05, 0.1) is 0 Å². The minimum Gasteiger partial charge on any atom is -0.450 e. The second kappa shape index (κ2) is 13.6. The standard InChI is InChI=1S/C22H50O5Si4/c1-12-28(13-2,14-3)25-31(24-22(23)21(10)11,26-29(15-4,16-5)17-6)27-30(18-7,19-8)20-9/h10,12-20H2,1-9,11H3. The van der Waals surface area contributed by atoms with Crippen LogP contribution in [0, 0.1) is 0 Å². The molecule has 0 rings (SSSR count). The van der Waals surface area contributed by atoms with Crippen molar-refractivity contribution in [1.82, 2.24) is 0 Å². The molecule has 0 bridgehead atoms. The Morgan fingerprint density at radius 1 is 0.581 bits per heavy atom. The van der Waals surface area contributed by atoms with Crippen LogP contribution in [0.5, 0.6) is 0 Å². The lowest BCUT2D eigenvalue weighted by molar-refractivity contribution is -0.135. The van der Waals surface area contributed by atoms with Crippen LogP contribution in [-0.4, -0.2) is 40.0 Å². The Labute approximate surface area is 197 Å². The van der Waals surface area contributed by atoms with Crippen molar-refractivity contribution in [3.8, 4) is 0 Å². The largest absolute Gasteiger partial charge is 0.719 e. The lowest BCUT2D eigenvalue weighted by atomic mass is 10.4. The van der Waals surface area contributed by atoms with Gasteiger partial charge in [-0.3, -0.25) is 0 Å². The fourth-order valence-corrected chi connectivity index (χ4v) is 22.6. The third-order valence-electron chi connectivity index (χ3n) is 7.39. The number of hydrogen-bond acceptors (Lipinski definition) is 5. The summed E-state index contributed by atoms with van der Waals surface area (Å²) in [6.07, 6.45) is 0. The molecule has 0 fully saturated rings. The first-order valence-corrected chi connectivity index (χ1v) is 21.7. The number of hydrogen-bond donors (Lipinski definition) is 0. The van der Waals surface area contributed by atoms with Crippen molar-refractivity contribution >= 4 is 40.0 Å². The van der Waals surface area contributed by atoms with Gasteiger partial charge in [-0.05, 0) is 61.3 Å². The minimum absolute atomic E-state index is 0.359. The van der Waals surface area contributed by atoms with Crippen molar-refractivity contribution in [1.29, 1.82) is 0 Å². The molecule has 0 aliphatic carbocycles. The summed E-state index contributed by atoms with van der Waals surface area (Å²) in [7, 11) is -10.3. The van der Waals surface area contributed by atoms with E-state index in [1.54, 1.807) is 6.92 Å². The van der Waals surface area contributed by atoms with Crippen LogP contribution in [0.15, 0.2) is 12.2 Å². The van der Waals surface area contributed by atoms with E-state index in [0.717, 1.165) is 54.4 Å². The number of rotatable bonds is 17. The summed E-state index contributed by atoms with van der Waals surface area (Å²) in [5.74, 6) is -0.449. The molecule has 0 aliphatic heterocycles. The van der Waals surface area contributed by atoms with Gasteiger partial charge in [-0.25, -0.2) is 4.79 Å². The first kappa shape index (κ1) is 31.0. The van der Waals surface area contributed by atoms with Crippen molar-refractivity contribution < 1.29 is 21.6 Å². The molecule has 0 unspecified atom stereocenters. The van der Waals surface area contributed by atoms with Crippen LogP contribution in [0.1, 0.15) is 69.2 Å². The van der Waals surface area contributed by atoms with E-state index in [4.69, 9.17) is 16.8 Å². The van der Waals surface area contributed by atoms with Gasteiger partial charge in [0.25, 0.3) is 0 Å². The van der Waals surface area contributed by atoms with Gasteiger partial charge in [0, 0.05) is 5.57 Å². The molecule has 0 heterocycles. The topological polar surface area (TPSA) is 54.0 Å². The second-order valence-corrected chi connectivity index (χ2v) is 25.8. The average Bonchev–Trinajstić information content (AvgIpc) is 2.80. The molecule has 0 atom stereocenters. The Kier molecular flexibility index (Phi) is 13.6. The summed E-state index contributed by atoms with van der Waals surface area (Å²) < 4.78 is 27.3. The molecule has 9 heteroatoms. The van der Waals surface area contributed by atoms with Gasteiger partial charge in [-0.15, -0.1) is 0 Å². The highest BCUT2D eigenvalue weighted by molar-refractivity contribution is 6.90. The molecule has 0 aliphatic rings. The van der Waals surface area contributed by atoms with Gasteiger partial charge < -0.3 is 16.8 Å². The van der Waals surface area contributed by atoms with Crippen molar-refractivity contribution in [2.45, 2.75) is 124 Å². The molecule has 0 radical (unpaired) electrons. The molecule has 184 valence electrons. The quantitative estimate of drug-likeness (QED) is 0.150. The van der Waals surface area contributed by atoms with Crippen LogP contribution >= 0.6 is 0 Å². The summed E-state index contributed by atoms with van der Waals surface area (Å²) in [6, 6.07) is 8.54. The highest BCUT2D eigenvalue weighted by Gasteiger charge is 2.61. The van der Waals surface area contributed by atoms with Crippen LogP contribution < -0.4 is 0 Å². The monoisotopic (exact) mass is 506 g/mol. The normalized spacial score (nSPS) is 13.4. The summed E-state index contributed by atoms with van der Waals surface area (Å²) in [5.41, 5.74) is 0.359. The van der Waals surface area contributed by atoms with Gasteiger partial charge in [-0.2, -0.15) is 0 Å². The van der Waals surface area contributed by atoms with Gasteiger partial charge >= 0.3 is 15.0 Å². The molecular weight excluding hydrogens is 457 g/mol. The number of carbonyl (C=O) groups excluding carboxylic acids is 1. The van der Waals surface area contributed by atoms with Gasteiger partial charge in [-0.1, -0.05) is 68.9 Å². The van der Waals surface area contributed by atoms with Crippen LogP contribution in [-0.2, 0) is 21.6 Å². The first-order valence-electron chi connectivity index (χ1n) is 12.5. The predicted molar refractivity (Wildman–Crippen MR) is 142 cm³/mol. The molecule has 0 spiro atoms. The first-order chi connectivity index (χ1) is 14.5. The fraction of sp³-hybridized carbons (Fsp3) is 0.864. The molecule has 0 amide bonds. The molecular formula is C22H50O5Si4. The molecule has 0 aromatic heterocycles. The minimum atomic E-state index is -3.74. The van der Waals surface area contributed by atoms with Crippen LogP contribution in [0.25, 0.3) is 0 Å². The Morgan fingerprint density at radius 2 is 0.806 bits per heavy atom. The van der Waals surface area contributed by atoms with E-state index >= 15 is 0 Å². The van der Waals surface area contributed by atoms with Gasteiger partial charge in [0.1, 0.15) is 0 Å². The highest BCUT2D eigenvalue weighted by atomic mass is 28.5. The summed E-state index contributed by atoms with van der Waals surface area (Å²) >= 11 is 0. The van der Waals surface area contributed by atoms with E-state index in [1.807, 2.05) is 0 Å². The van der Waals surface area contributed by atoms with Crippen molar-refractivity contribution in [2.75, 3.05) is 0 Å². The molecule has 0 aromatic rings. The Morgan fingerprint density at radius 3 is 0.968 bits per heavy atom. The fourth-order valence-electron chi connectivity index (χ4n) is 4.02. The maximum Gasteiger partial charge on any atom is 0.719 e. The average molecular weight is 507 g/mol. The van der Waals surface area contributed by atoms with Crippen LogP contribution in [0.4, 0.5) is 0 Å². The van der Waals surface area contributed by atoms with Crippen LogP contribution in [0.2, 0.25) is 54.4 Å². The van der Waals surface area contributed by atoms with E-state index in [9.17, 15) is 4.79 Å². The van der Waals surface area contributed by atoms with Crippen molar-refractivity contribution in [2.24, 2.45) is 0 Å². The van der Waals surface area contributed by atoms with E-state index in [0.29, 0.717) is 5.57 Å². The SMILES string of the molecule is C=C(C)C(=O)O[Si](O[Si](CC)(CC)CC)(O[Si](CC)(CC)CC)O[Si](CC)(CC)CC. The van der Waals surface area contributed by atoms with Gasteiger partial charge in [0.15, 0.2) is 25.0 Å². The van der Waals surface area contributed by atoms with E-state index < -0.39 is 40.0 Å². The Bertz CT molecular complexity index is 478. The lowest BCUT2D eigenvalue weighted by Crippen LogP contribution is -2.66. The maximum absolute atomic E-state index is 12.9. The zero-order valence-corrected chi connectivity index (χ0v) is 26.1. The summed E-state index contributed by atoms with van der Waals surface area (Å²) in [4.78, 5) is 12.9. The smallest absolute Gasteiger partial charge is 0.450 e. The van der Waals surface area contributed by atoms with Crippen LogP contribution in [0.3, 0.4) is 0 Å². The Hall–Kier alpha value is -0.0425. The molecule has 0 saturated carbocycles. The van der Waals surface area contributed by atoms with E-state index in [1.165, 1.54) is 0 Å². The molecule has 0 saturated heterocycles. The highest BCUT2D eigenvalue weighted by Crippen LogP contribution is 2.37. The maximum atomic E-state index is 12.9. The van der Waals surface area contributed by atoms with Crippen molar-refractivity contribution in [3.05, 3.63) is 12.2 Å². The Balaban J connectivity index is 6.84. The number of carbonyl (C=O) groups is 1. The molecule has 0 N–H and O–H groups in total. The third kappa shape index (κ3) is 8.04. The lowest BCUT2D eigenvalue weighted by Gasteiger charge is -2.45. The van der Waals surface area contributed by atoms with Crippen molar-refractivity contribution in [3.63, 3.8) is 0 Å². The molecule has 31 heavy (non-hydrogen) atoms. The summed E-state index contributed by atoms with van der Waals surface area (Å²) in [6.45, 7) is 25.2. The zero-order chi connectivity index (χ0) is 24.3. The third-order valence-corrected chi connectivity index (χ3v) is 27.6. The van der Waals surface area contributed by atoms with E-state index in [2.05, 4.69) is 68.9 Å².